The average Bonchev–Trinajstić information content (AvgIpc) is 2.83. The van der Waals surface area contributed by atoms with Crippen molar-refractivity contribution in [3.8, 4) is 5.75 Å². The van der Waals surface area contributed by atoms with Crippen LogP contribution in [0, 0.1) is 0 Å². The van der Waals surface area contributed by atoms with Gasteiger partial charge in [-0.25, -0.2) is 0 Å². The summed E-state index contributed by atoms with van der Waals surface area (Å²) in [6.45, 7) is 5.45. The Bertz CT molecular complexity index is 395. The molecule has 0 aromatic carbocycles. The number of nitrogens with zero attached hydrogens (tertiary/aromatic N) is 2. The summed E-state index contributed by atoms with van der Waals surface area (Å²) >= 11 is 0. The molecule has 1 aliphatic heterocycles. The van der Waals surface area contributed by atoms with E-state index in [1.807, 2.05) is 11.6 Å². The van der Waals surface area contributed by atoms with E-state index in [0.717, 1.165) is 25.1 Å². The summed E-state index contributed by atoms with van der Waals surface area (Å²) in [7, 11) is 1.62. The molecule has 2 unspecified atom stereocenters. The lowest BCUT2D eigenvalue weighted by Crippen LogP contribution is -2.40. The van der Waals surface area contributed by atoms with E-state index in [2.05, 4.69) is 12.0 Å². The first-order valence-corrected chi connectivity index (χ1v) is 7.08. The van der Waals surface area contributed by atoms with Gasteiger partial charge < -0.3 is 14.6 Å². The average molecular weight is 268 g/mol. The molecule has 1 fully saturated rings. The summed E-state index contributed by atoms with van der Waals surface area (Å²) in [6.07, 6.45) is 5.04. The lowest BCUT2D eigenvalue weighted by molar-refractivity contribution is -0.114. The second-order valence-electron chi connectivity index (χ2n) is 5.14. The van der Waals surface area contributed by atoms with Gasteiger partial charge >= 0.3 is 0 Å². The van der Waals surface area contributed by atoms with E-state index < -0.39 is 5.60 Å². The van der Waals surface area contributed by atoms with Gasteiger partial charge in [0.15, 0.2) is 5.75 Å². The van der Waals surface area contributed by atoms with Crippen molar-refractivity contribution in [2.75, 3.05) is 13.7 Å². The first-order valence-electron chi connectivity index (χ1n) is 7.08. The SMILES string of the molecule is CCCC1CC(O)(c2c(OC)cnn2CC)CCO1. The van der Waals surface area contributed by atoms with Crippen LogP contribution in [-0.4, -0.2) is 34.7 Å². The Morgan fingerprint density at radius 3 is 3.00 bits per heavy atom. The molecular weight excluding hydrogens is 244 g/mol. The first kappa shape index (κ1) is 14.3. The topological polar surface area (TPSA) is 56.5 Å². The van der Waals surface area contributed by atoms with Gasteiger partial charge in [-0.1, -0.05) is 13.3 Å². The number of hydrogen-bond acceptors (Lipinski definition) is 4. The summed E-state index contributed by atoms with van der Waals surface area (Å²) in [5, 5.41) is 15.3. The number of aromatic nitrogens is 2. The highest BCUT2D eigenvalue weighted by Crippen LogP contribution is 2.40. The highest BCUT2D eigenvalue weighted by molar-refractivity contribution is 5.31. The number of aryl methyl sites for hydroxylation is 1. The van der Waals surface area contributed by atoms with E-state index in [1.54, 1.807) is 13.3 Å². The molecule has 0 spiro atoms. The van der Waals surface area contributed by atoms with E-state index in [9.17, 15) is 5.11 Å². The maximum absolute atomic E-state index is 11.0. The molecule has 19 heavy (non-hydrogen) atoms. The van der Waals surface area contributed by atoms with Gasteiger partial charge in [0, 0.05) is 19.4 Å². The van der Waals surface area contributed by atoms with Crippen molar-refractivity contribution in [2.45, 2.75) is 57.8 Å². The fraction of sp³-hybridized carbons (Fsp3) is 0.786. The molecule has 0 amide bonds. The molecule has 1 aromatic heterocycles. The Balaban J connectivity index is 2.30. The zero-order valence-electron chi connectivity index (χ0n) is 12.1. The van der Waals surface area contributed by atoms with Crippen molar-refractivity contribution in [1.29, 1.82) is 0 Å². The molecule has 1 saturated heterocycles. The molecule has 0 aliphatic carbocycles. The number of hydrogen-bond donors (Lipinski definition) is 1. The van der Waals surface area contributed by atoms with E-state index >= 15 is 0 Å². The molecule has 1 aromatic rings. The van der Waals surface area contributed by atoms with E-state index in [1.165, 1.54) is 0 Å². The van der Waals surface area contributed by atoms with Crippen LogP contribution in [0.1, 0.15) is 45.2 Å². The molecule has 5 heteroatoms. The van der Waals surface area contributed by atoms with E-state index in [-0.39, 0.29) is 6.10 Å². The Morgan fingerprint density at radius 2 is 2.37 bits per heavy atom. The standard InChI is InChI=1S/C14H24N2O3/c1-4-6-11-9-14(17,7-8-19-11)13-12(18-3)10-15-16(13)5-2/h10-11,17H,4-9H2,1-3H3. The summed E-state index contributed by atoms with van der Waals surface area (Å²) < 4.78 is 12.9. The molecule has 0 bridgehead atoms. The molecule has 1 N–H and O–H groups in total. The molecule has 2 heterocycles. The van der Waals surface area contributed by atoms with E-state index in [4.69, 9.17) is 9.47 Å². The van der Waals surface area contributed by atoms with Crippen LogP contribution in [0.4, 0.5) is 0 Å². The summed E-state index contributed by atoms with van der Waals surface area (Å²) in [5.41, 5.74) is -0.0995. The Kier molecular flexibility index (Phi) is 4.47. The van der Waals surface area contributed by atoms with Crippen molar-refractivity contribution >= 4 is 0 Å². The third-order valence-electron chi connectivity index (χ3n) is 3.81. The van der Waals surface area contributed by atoms with E-state index in [0.29, 0.717) is 25.2 Å². The van der Waals surface area contributed by atoms with Gasteiger partial charge in [-0.3, -0.25) is 4.68 Å². The van der Waals surface area contributed by atoms with Crippen molar-refractivity contribution in [3.63, 3.8) is 0 Å². The fourth-order valence-corrected chi connectivity index (χ4v) is 2.88. The third-order valence-corrected chi connectivity index (χ3v) is 3.81. The third kappa shape index (κ3) is 2.77. The maximum atomic E-state index is 11.0. The number of ether oxygens (including phenoxy) is 2. The van der Waals surface area contributed by atoms with Crippen LogP contribution in [0.15, 0.2) is 6.20 Å². The Labute approximate surface area is 114 Å². The van der Waals surface area contributed by atoms with Crippen LogP contribution in [0.5, 0.6) is 5.75 Å². The number of aliphatic hydroxyl groups is 1. The van der Waals surface area contributed by atoms with Crippen LogP contribution in [0.3, 0.4) is 0 Å². The van der Waals surface area contributed by atoms with Gasteiger partial charge in [-0.15, -0.1) is 0 Å². The highest BCUT2D eigenvalue weighted by atomic mass is 16.5. The molecule has 1 aliphatic rings. The smallest absolute Gasteiger partial charge is 0.162 e. The lowest BCUT2D eigenvalue weighted by Gasteiger charge is -2.37. The zero-order chi connectivity index (χ0) is 13.9. The minimum absolute atomic E-state index is 0.119. The zero-order valence-corrected chi connectivity index (χ0v) is 12.1. The normalized spacial score (nSPS) is 27.5. The Hall–Kier alpha value is -1.07. The van der Waals surface area contributed by atoms with Crippen LogP contribution in [0.2, 0.25) is 0 Å². The summed E-state index contributed by atoms with van der Waals surface area (Å²) in [4.78, 5) is 0. The molecular formula is C14H24N2O3. The summed E-state index contributed by atoms with van der Waals surface area (Å²) in [6, 6.07) is 0. The molecule has 2 rings (SSSR count). The largest absolute Gasteiger partial charge is 0.493 e. The Morgan fingerprint density at radius 1 is 1.58 bits per heavy atom. The number of rotatable bonds is 5. The highest BCUT2D eigenvalue weighted by Gasteiger charge is 2.41. The van der Waals surface area contributed by atoms with Crippen LogP contribution in [-0.2, 0) is 16.9 Å². The predicted molar refractivity (Wildman–Crippen MR) is 72.2 cm³/mol. The van der Waals surface area contributed by atoms with Gasteiger partial charge in [-0.2, -0.15) is 5.10 Å². The fourth-order valence-electron chi connectivity index (χ4n) is 2.88. The molecule has 2 atom stereocenters. The first-order chi connectivity index (χ1) is 9.14. The van der Waals surface area contributed by atoms with Crippen LogP contribution < -0.4 is 4.74 Å². The lowest BCUT2D eigenvalue weighted by atomic mass is 9.85. The second kappa shape index (κ2) is 5.92. The van der Waals surface area contributed by atoms with Crippen molar-refractivity contribution < 1.29 is 14.6 Å². The second-order valence-corrected chi connectivity index (χ2v) is 5.14. The van der Waals surface area contributed by atoms with Crippen molar-refractivity contribution in [3.05, 3.63) is 11.9 Å². The van der Waals surface area contributed by atoms with Crippen LogP contribution >= 0.6 is 0 Å². The molecule has 5 nitrogen and oxygen atoms in total. The minimum atomic E-state index is -0.893. The molecule has 0 radical (unpaired) electrons. The van der Waals surface area contributed by atoms with Gasteiger partial charge in [0.05, 0.1) is 26.0 Å². The van der Waals surface area contributed by atoms with Crippen molar-refractivity contribution in [2.24, 2.45) is 0 Å². The molecule has 0 saturated carbocycles. The van der Waals surface area contributed by atoms with Crippen LogP contribution in [0.25, 0.3) is 0 Å². The minimum Gasteiger partial charge on any atom is -0.493 e. The summed E-state index contributed by atoms with van der Waals surface area (Å²) in [5.74, 6) is 0.668. The quantitative estimate of drug-likeness (QED) is 0.888. The number of methoxy groups -OCH3 is 1. The monoisotopic (exact) mass is 268 g/mol. The van der Waals surface area contributed by atoms with Gasteiger partial charge in [0.2, 0.25) is 0 Å². The maximum Gasteiger partial charge on any atom is 0.162 e. The van der Waals surface area contributed by atoms with Gasteiger partial charge in [0.25, 0.3) is 0 Å². The predicted octanol–water partition coefficient (Wildman–Crippen LogP) is 2.08. The van der Waals surface area contributed by atoms with Crippen molar-refractivity contribution in [1.82, 2.24) is 9.78 Å². The molecule has 108 valence electrons. The van der Waals surface area contributed by atoms with Gasteiger partial charge in [0.1, 0.15) is 11.3 Å². The van der Waals surface area contributed by atoms with Gasteiger partial charge in [-0.05, 0) is 13.3 Å².